The Morgan fingerprint density at radius 3 is 2.12 bits per heavy atom. The Hall–Kier alpha value is -3.35. The van der Waals surface area contributed by atoms with Crippen LogP contribution in [0.3, 0.4) is 0 Å². The molecule has 0 bridgehead atoms. The highest BCUT2D eigenvalue weighted by molar-refractivity contribution is 5.80. The molecule has 2 amide bonds. The average molecular weight is 467 g/mol. The lowest BCUT2D eigenvalue weighted by atomic mass is 9.98. The summed E-state index contributed by atoms with van der Waals surface area (Å²) in [5.41, 5.74) is 4.70. The Morgan fingerprint density at radius 2 is 1.56 bits per heavy atom. The second kappa shape index (κ2) is 11.7. The molecule has 34 heavy (non-hydrogen) atoms. The van der Waals surface area contributed by atoms with Gasteiger partial charge in [-0.25, -0.2) is 4.79 Å². The molecule has 0 radical (unpaired) electrons. The third-order valence-electron chi connectivity index (χ3n) is 6.40. The number of benzene rings is 2. The van der Waals surface area contributed by atoms with Gasteiger partial charge in [0.05, 0.1) is 6.42 Å². The molecule has 1 unspecified atom stereocenters. The molecule has 3 N–H and O–H groups in total. The summed E-state index contributed by atoms with van der Waals surface area (Å²) >= 11 is 0. The number of carboxylic acid groups (broad SMARTS) is 1. The zero-order chi connectivity index (χ0) is 24.7. The van der Waals surface area contributed by atoms with Gasteiger partial charge in [-0.15, -0.1) is 0 Å². The predicted octanol–water partition coefficient (Wildman–Crippen LogP) is 4.56. The van der Waals surface area contributed by atoms with Crippen LogP contribution in [0.4, 0.5) is 4.79 Å². The van der Waals surface area contributed by atoms with Gasteiger partial charge in [0.2, 0.25) is 5.91 Å². The normalized spacial score (nSPS) is 14.1. The van der Waals surface area contributed by atoms with Crippen molar-refractivity contribution < 1.29 is 24.2 Å². The minimum absolute atomic E-state index is 0.0153. The molecule has 2 atom stereocenters. The highest BCUT2D eigenvalue weighted by Gasteiger charge is 2.29. The first-order valence-electron chi connectivity index (χ1n) is 11.9. The van der Waals surface area contributed by atoms with Gasteiger partial charge in [-0.3, -0.25) is 9.59 Å². The molecule has 0 spiro atoms. The van der Waals surface area contributed by atoms with Crippen LogP contribution in [-0.2, 0) is 14.3 Å². The number of aliphatic carboxylic acids is 1. The van der Waals surface area contributed by atoms with Crippen molar-refractivity contribution >= 4 is 18.0 Å². The Balaban J connectivity index is 1.41. The maximum Gasteiger partial charge on any atom is 0.407 e. The van der Waals surface area contributed by atoms with E-state index >= 15 is 0 Å². The van der Waals surface area contributed by atoms with Crippen LogP contribution in [0.25, 0.3) is 11.1 Å². The smallest absolute Gasteiger partial charge is 0.407 e. The van der Waals surface area contributed by atoms with Gasteiger partial charge in [0, 0.05) is 24.4 Å². The highest BCUT2D eigenvalue weighted by Crippen LogP contribution is 2.44. The monoisotopic (exact) mass is 466 g/mol. The van der Waals surface area contributed by atoms with E-state index in [0.717, 1.165) is 0 Å². The van der Waals surface area contributed by atoms with Crippen LogP contribution < -0.4 is 10.6 Å². The van der Waals surface area contributed by atoms with Crippen LogP contribution in [0.1, 0.15) is 57.1 Å². The quantitative estimate of drug-likeness (QED) is 0.421. The van der Waals surface area contributed by atoms with E-state index in [-0.39, 0.29) is 36.7 Å². The summed E-state index contributed by atoms with van der Waals surface area (Å²) < 4.78 is 5.53. The van der Waals surface area contributed by atoms with E-state index in [4.69, 9.17) is 9.84 Å². The van der Waals surface area contributed by atoms with Crippen molar-refractivity contribution in [1.29, 1.82) is 0 Å². The molecule has 0 saturated heterocycles. The zero-order valence-electron chi connectivity index (χ0n) is 20.0. The SMILES string of the molecule is CC(CCCNC(=O)OCC1c2ccccc2-c2ccccc21)C(=O)N[C@H](CC(=O)O)C(C)C. The molecule has 0 heterocycles. The van der Waals surface area contributed by atoms with Gasteiger partial charge < -0.3 is 20.5 Å². The van der Waals surface area contributed by atoms with Gasteiger partial charge in [0.15, 0.2) is 0 Å². The molecular formula is C27H34N2O5. The molecule has 0 saturated carbocycles. The van der Waals surface area contributed by atoms with E-state index < -0.39 is 18.1 Å². The molecule has 7 nitrogen and oxygen atoms in total. The predicted molar refractivity (Wildman–Crippen MR) is 130 cm³/mol. The lowest BCUT2D eigenvalue weighted by molar-refractivity contribution is -0.138. The minimum atomic E-state index is -0.932. The van der Waals surface area contributed by atoms with E-state index in [1.54, 1.807) is 6.92 Å². The van der Waals surface area contributed by atoms with Crippen molar-refractivity contribution in [2.75, 3.05) is 13.2 Å². The third kappa shape index (κ3) is 6.37. The van der Waals surface area contributed by atoms with Crippen LogP contribution in [0.15, 0.2) is 48.5 Å². The van der Waals surface area contributed by atoms with Gasteiger partial charge in [-0.05, 0) is 41.0 Å². The lowest BCUT2D eigenvalue weighted by Gasteiger charge is -2.23. The highest BCUT2D eigenvalue weighted by atomic mass is 16.5. The first-order valence-corrected chi connectivity index (χ1v) is 11.9. The Labute approximate surface area is 200 Å². The first kappa shape index (κ1) is 25.3. The number of alkyl carbamates (subject to hydrolysis) is 1. The second-order valence-electron chi connectivity index (χ2n) is 9.25. The molecule has 1 aliphatic rings. The molecule has 2 aromatic rings. The standard InChI is InChI=1S/C27H34N2O5/c1-17(2)24(15-25(30)31)29-26(32)18(3)9-8-14-28-27(33)34-16-23-21-12-6-4-10-19(21)20-11-5-7-13-22(20)23/h4-7,10-13,17-18,23-24H,8-9,14-16H2,1-3H3,(H,28,33)(H,29,32)(H,30,31)/t18?,24-/m1/s1. The van der Waals surface area contributed by atoms with E-state index in [1.165, 1.54) is 22.3 Å². The van der Waals surface area contributed by atoms with Crippen molar-refractivity contribution in [3.63, 3.8) is 0 Å². The summed E-state index contributed by atoms with van der Waals surface area (Å²) in [4.78, 5) is 35.7. The number of amides is 2. The largest absolute Gasteiger partial charge is 0.481 e. The molecule has 1 aliphatic carbocycles. The van der Waals surface area contributed by atoms with Crippen molar-refractivity contribution in [1.82, 2.24) is 10.6 Å². The number of fused-ring (bicyclic) bond motifs is 3. The number of hydrogen-bond donors (Lipinski definition) is 3. The molecule has 0 aliphatic heterocycles. The van der Waals surface area contributed by atoms with Gasteiger partial charge in [0.25, 0.3) is 0 Å². The van der Waals surface area contributed by atoms with Gasteiger partial charge in [-0.1, -0.05) is 69.3 Å². The van der Waals surface area contributed by atoms with Crippen LogP contribution in [0, 0.1) is 11.8 Å². The molecule has 182 valence electrons. The number of hydrogen-bond acceptors (Lipinski definition) is 4. The topological polar surface area (TPSA) is 105 Å². The number of carbonyl (C=O) groups excluding carboxylic acids is 2. The van der Waals surface area contributed by atoms with Crippen LogP contribution in [-0.4, -0.2) is 42.3 Å². The number of rotatable bonds is 11. The van der Waals surface area contributed by atoms with Crippen LogP contribution in [0.5, 0.6) is 0 Å². The fourth-order valence-corrected chi connectivity index (χ4v) is 4.35. The molecule has 0 fully saturated rings. The van der Waals surface area contributed by atoms with E-state index in [2.05, 4.69) is 34.9 Å². The van der Waals surface area contributed by atoms with Gasteiger partial charge >= 0.3 is 12.1 Å². The first-order chi connectivity index (χ1) is 16.3. The summed E-state index contributed by atoms with van der Waals surface area (Å²) in [6.07, 6.45) is 0.622. The number of ether oxygens (including phenoxy) is 1. The maximum atomic E-state index is 12.4. The summed E-state index contributed by atoms with van der Waals surface area (Å²) in [5.74, 6) is -1.33. The summed E-state index contributed by atoms with van der Waals surface area (Å²) in [7, 11) is 0. The molecular weight excluding hydrogens is 432 g/mol. The molecule has 2 aromatic carbocycles. The molecule has 3 rings (SSSR count). The Morgan fingerprint density at radius 1 is 0.971 bits per heavy atom. The molecule has 0 aromatic heterocycles. The van der Waals surface area contributed by atoms with Crippen molar-refractivity contribution in [2.45, 2.75) is 52.0 Å². The fourth-order valence-electron chi connectivity index (χ4n) is 4.35. The van der Waals surface area contributed by atoms with E-state index in [1.807, 2.05) is 38.1 Å². The number of nitrogens with one attached hydrogen (secondary N) is 2. The van der Waals surface area contributed by atoms with Crippen molar-refractivity contribution in [3.8, 4) is 11.1 Å². The average Bonchev–Trinajstić information content (AvgIpc) is 3.13. The van der Waals surface area contributed by atoms with Gasteiger partial charge in [-0.2, -0.15) is 0 Å². The van der Waals surface area contributed by atoms with Gasteiger partial charge in [0.1, 0.15) is 6.61 Å². The van der Waals surface area contributed by atoms with E-state index in [9.17, 15) is 14.4 Å². The lowest BCUT2D eigenvalue weighted by Crippen LogP contribution is -2.42. The summed E-state index contributed by atoms with van der Waals surface area (Å²) in [6.45, 7) is 6.24. The zero-order valence-corrected chi connectivity index (χ0v) is 20.0. The maximum absolute atomic E-state index is 12.4. The Bertz CT molecular complexity index is 974. The second-order valence-corrected chi connectivity index (χ2v) is 9.25. The summed E-state index contributed by atoms with van der Waals surface area (Å²) in [5, 5.41) is 14.6. The van der Waals surface area contributed by atoms with Crippen LogP contribution >= 0.6 is 0 Å². The van der Waals surface area contributed by atoms with Crippen molar-refractivity contribution in [2.24, 2.45) is 11.8 Å². The summed E-state index contributed by atoms with van der Waals surface area (Å²) in [6, 6.07) is 16.0. The van der Waals surface area contributed by atoms with E-state index in [0.29, 0.717) is 19.4 Å². The third-order valence-corrected chi connectivity index (χ3v) is 6.40. The number of carboxylic acids is 1. The minimum Gasteiger partial charge on any atom is -0.481 e. The Kier molecular flexibility index (Phi) is 8.68. The van der Waals surface area contributed by atoms with Crippen molar-refractivity contribution in [3.05, 3.63) is 59.7 Å². The molecule has 7 heteroatoms. The van der Waals surface area contributed by atoms with Crippen LogP contribution in [0.2, 0.25) is 0 Å². The fraction of sp³-hybridized carbons (Fsp3) is 0.444. The number of carbonyl (C=O) groups is 3.